The monoisotopic (exact) mass is 428 g/mol. The van der Waals surface area contributed by atoms with E-state index in [1.54, 1.807) is 23.7 Å². The van der Waals surface area contributed by atoms with Crippen LogP contribution in [0.5, 0.6) is 0 Å². The van der Waals surface area contributed by atoms with E-state index in [-0.39, 0.29) is 11.5 Å². The molecule has 5 rings (SSSR count). The van der Waals surface area contributed by atoms with Crippen molar-refractivity contribution in [1.29, 1.82) is 0 Å². The molecule has 3 aliphatic rings. The van der Waals surface area contributed by atoms with Crippen LogP contribution in [-0.4, -0.2) is 53.7 Å². The van der Waals surface area contributed by atoms with Crippen molar-refractivity contribution in [2.75, 3.05) is 38.6 Å². The minimum atomic E-state index is -0.283. The first-order chi connectivity index (χ1) is 14.6. The number of nitrogens with zero attached hydrogens (tertiary/aromatic N) is 3. The first-order valence-corrected chi connectivity index (χ1v) is 11.7. The van der Waals surface area contributed by atoms with Gasteiger partial charge in [-0.1, -0.05) is 0 Å². The number of carbonyl (C=O) groups excluding carboxylic acids is 1. The predicted octanol–water partition coefficient (Wildman–Crippen LogP) is 2.99. The molecule has 1 amide bonds. The van der Waals surface area contributed by atoms with E-state index in [1.807, 2.05) is 4.90 Å². The normalized spacial score (nSPS) is 23.3. The van der Waals surface area contributed by atoms with Crippen LogP contribution >= 0.6 is 11.3 Å². The molecular formula is C22H28N4O3S. The van der Waals surface area contributed by atoms with Gasteiger partial charge in [-0.2, -0.15) is 0 Å². The molecule has 2 aromatic rings. The number of nitrogens with two attached hydrogens (primary N) is 1. The Bertz CT molecular complexity index is 900. The number of nitrogen functional groups attached to an aromatic ring is 1. The van der Waals surface area contributed by atoms with Crippen LogP contribution < -0.4 is 5.73 Å². The van der Waals surface area contributed by atoms with Crippen LogP contribution in [0.3, 0.4) is 0 Å². The second-order valence-electron chi connectivity index (χ2n) is 8.53. The van der Waals surface area contributed by atoms with Crippen LogP contribution in [0.2, 0.25) is 0 Å². The Balaban J connectivity index is 1.29. The van der Waals surface area contributed by atoms with Crippen molar-refractivity contribution in [3.8, 4) is 10.6 Å². The van der Waals surface area contributed by atoms with Crippen LogP contribution in [0.4, 0.5) is 5.82 Å². The highest BCUT2D eigenvalue weighted by atomic mass is 32.1. The Morgan fingerprint density at radius 3 is 2.87 bits per heavy atom. The van der Waals surface area contributed by atoms with Gasteiger partial charge in [0.1, 0.15) is 5.82 Å². The van der Waals surface area contributed by atoms with Gasteiger partial charge in [-0.05, 0) is 43.2 Å². The van der Waals surface area contributed by atoms with Crippen molar-refractivity contribution in [2.24, 2.45) is 5.92 Å². The number of ether oxygens (including phenoxy) is 2. The standard InChI is InChI=1S/C22H28N4O3S/c23-20-13-24-17(12-25-20)19-11-16-18(30-19)3-9-29-22(16)4-6-26(7-5-22)21(27)10-15-2-1-8-28-14-15/h11-13,15H,1-10,14H2,(H2,23,25). The number of hydrogen-bond donors (Lipinski definition) is 1. The molecule has 1 atom stereocenters. The van der Waals surface area contributed by atoms with E-state index in [0.29, 0.717) is 18.2 Å². The molecule has 0 radical (unpaired) electrons. The summed E-state index contributed by atoms with van der Waals surface area (Å²) in [6.07, 6.45) is 8.72. The first kappa shape index (κ1) is 19.9. The lowest BCUT2D eigenvalue weighted by molar-refractivity contribution is -0.142. The van der Waals surface area contributed by atoms with Gasteiger partial charge in [-0.15, -0.1) is 11.3 Å². The highest BCUT2D eigenvalue weighted by Crippen LogP contribution is 2.46. The summed E-state index contributed by atoms with van der Waals surface area (Å²) in [6.45, 7) is 3.79. The molecule has 0 aliphatic carbocycles. The molecule has 3 aliphatic heterocycles. The van der Waals surface area contributed by atoms with Gasteiger partial charge in [0.05, 0.1) is 35.2 Å². The van der Waals surface area contributed by atoms with Crippen LogP contribution in [0.25, 0.3) is 10.6 Å². The van der Waals surface area contributed by atoms with E-state index in [1.165, 1.54) is 10.4 Å². The van der Waals surface area contributed by atoms with Gasteiger partial charge in [-0.25, -0.2) is 9.97 Å². The number of rotatable bonds is 3. The van der Waals surface area contributed by atoms with E-state index in [0.717, 1.165) is 75.6 Å². The Labute approximate surface area is 180 Å². The first-order valence-electron chi connectivity index (χ1n) is 10.8. The molecule has 0 aromatic carbocycles. The third-order valence-electron chi connectivity index (χ3n) is 6.57. The van der Waals surface area contributed by atoms with Gasteiger partial charge < -0.3 is 20.1 Å². The number of likely N-dealkylation sites (tertiary alicyclic amines) is 1. The van der Waals surface area contributed by atoms with Crippen molar-refractivity contribution < 1.29 is 14.3 Å². The average molecular weight is 429 g/mol. The van der Waals surface area contributed by atoms with Gasteiger partial charge in [0.2, 0.25) is 5.91 Å². The highest BCUT2D eigenvalue weighted by Gasteiger charge is 2.43. The number of aromatic nitrogens is 2. The van der Waals surface area contributed by atoms with Gasteiger partial charge in [-0.3, -0.25) is 4.79 Å². The van der Waals surface area contributed by atoms with Crippen LogP contribution in [0.1, 0.15) is 42.5 Å². The topological polar surface area (TPSA) is 90.6 Å². The largest absolute Gasteiger partial charge is 0.382 e. The summed E-state index contributed by atoms with van der Waals surface area (Å²) in [7, 11) is 0. The van der Waals surface area contributed by atoms with E-state index < -0.39 is 0 Å². The number of fused-ring (bicyclic) bond motifs is 2. The van der Waals surface area contributed by atoms with Gasteiger partial charge in [0, 0.05) is 44.0 Å². The second kappa shape index (κ2) is 8.24. The minimum Gasteiger partial charge on any atom is -0.382 e. The lowest BCUT2D eigenvalue weighted by Crippen LogP contribution is -2.48. The van der Waals surface area contributed by atoms with Crippen molar-refractivity contribution in [1.82, 2.24) is 14.9 Å². The molecule has 160 valence electrons. The average Bonchev–Trinajstić information content (AvgIpc) is 3.21. The molecule has 2 aromatic heterocycles. The maximum Gasteiger partial charge on any atom is 0.222 e. The molecule has 0 saturated carbocycles. The third-order valence-corrected chi connectivity index (χ3v) is 7.79. The molecule has 7 nitrogen and oxygen atoms in total. The number of piperidine rings is 1. The summed E-state index contributed by atoms with van der Waals surface area (Å²) < 4.78 is 11.9. The maximum absolute atomic E-state index is 12.8. The van der Waals surface area contributed by atoms with Gasteiger partial charge in [0.25, 0.3) is 0 Å². The molecule has 1 unspecified atom stereocenters. The van der Waals surface area contributed by atoms with E-state index >= 15 is 0 Å². The predicted molar refractivity (Wildman–Crippen MR) is 115 cm³/mol. The molecular weight excluding hydrogens is 400 g/mol. The van der Waals surface area contributed by atoms with E-state index in [4.69, 9.17) is 15.2 Å². The van der Waals surface area contributed by atoms with Crippen LogP contribution in [0, 0.1) is 5.92 Å². The lowest BCUT2D eigenvalue weighted by atomic mass is 9.82. The molecule has 30 heavy (non-hydrogen) atoms. The maximum atomic E-state index is 12.8. The van der Waals surface area contributed by atoms with Crippen molar-refractivity contribution in [3.63, 3.8) is 0 Å². The summed E-state index contributed by atoms with van der Waals surface area (Å²) in [5.41, 5.74) is 7.52. The van der Waals surface area contributed by atoms with E-state index in [2.05, 4.69) is 16.0 Å². The van der Waals surface area contributed by atoms with Crippen LogP contribution in [0.15, 0.2) is 18.5 Å². The fourth-order valence-electron chi connectivity index (χ4n) is 4.88. The summed E-state index contributed by atoms with van der Waals surface area (Å²) in [4.78, 5) is 25.9. The molecule has 2 N–H and O–H groups in total. The fourth-order valence-corrected chi connectivity index (χ4v) is 6.08. The van der Waals surface area contributed by atoms with E-state index in [9.17, 15) is 4.79 Å². The number of hydrogen-bond acceptors (Lipinski definition) is 7. The summed E-state index contributed by atoms with van der Waals surface area (Å²) >= 11 is 1.77. The Morgan fingerprint density at radius 1 is 1.27 bits per heavy atom. The zero-order valence-corrected chi connectivity index (χ0v) is 18.0. The number of anilines is 1. The SMILES string of the molecule is Nc1cnc(-c2cc3c(s2)CCOC32CCN(C(=O)CC3CCCOC3)CC2)cn1. The Kier molecular flexibility index (Phi) is 5.47. The molecule has 2 fully saturated rings. The van der Waals surface area contributed by atoms with Gasteiger partial charge >= 0.3 is 0 Å². The van der Waals surface area contributed by atoms with Crippen LogP contribution in [-0.2, 0) is 26.3 Å². The third kappa shape index (κ3) is 3.84. The molecule has 5 heterocycles. The number of carbonyl (C=O) groups is 1. The zero-order chi connectivity index (χ0) is 20.6. The number of amides is 1. The van der Waals surface area contributed by atoms with Crippen molar-refractivity contribution >= 4 is 23.1 Å². The Hall–Kier alpha value is -2.03. The number of thiophene rings is 1. The minimum absolute atomic E-state index is 0.263. The van der Waals surface area contributed by atoms with Gasteiger partial charge in [0.15, 0.2) is 0 Å². The molecule has 2 saturated heterocycles. The van der Waals surface area contributed by atoms with Crippen molar-refractivity contribution in [2.45, 2.75) is 44.1 Å². The van der Waals surface area contributed by atoms with Crippen molar-refractivity contribution in [3.05, 3.63) is 28.9 Å². The smallest absolute Gasteiger partial charge is 0.222 e. The summed E-state index contributed by atoms with van der Waals surface area (Å²) in [5.74, 6) is 1.07. The quantitative estimate of drug-likeness (QED) is 0.808. The molecule has 1 spiro atoms. The molecule has 8 heteroatoms. The fraction of sp³-hybridized carbons (Fsp3) is 0.591. The summed E-state index contributed by atoms with van der Waals surface area (Å²) in [6, 6.07) is 2.22. The summed E-state index contributed by atoms with van der Waals surface area (Å²) in [5, 5.41) is 0. The Morgan fingerprint density at radius 2 is 2.13 bits per heavy atom. The lowest BCUT2D eigenvalue weighted by Gasteiger charge is -2.44. The second-order valence-corrected chi connectivity index (χ2v) is 9.67. The highest BCUT2D eigenvalue weighted by molar-refractivity contribution is 7.15. The molecule has 0 bridgehead atoms. The zero-order valence-electron chi connectivity index (χ0n) is 17.1.